The van der Waals surface area contributed by atoms with Crippen molar-refractivity contribution in [1.82, 2.24) is 10.2 Å². The predicted molar refractivity (Wildman–Crippen MR) is 103 cm³/mol. The molecule has 0 bridgehead atoms. The predicted octanol–water partition coefficient (Wildman–Crippen LogP) is 5.60. The Balaban J connectivity index is 2.15. The Morgan fingerprint density at radius 2 is 1.81 bits per heavy atom. The van der Waals surface area contributed by atoms with Gasteiger partial charge in [-0.05, 0) is 37.6 Å². The maximum Gasteiger partial charge on any atom is 0.318 e. The average molecular weight is 399 g/mol. The molecule has 4 nitrogen and oxygen atoms in total. The maximum atomic E-state index is 13.7. The molecule has 26 heavy (non-hydrogen) atoms. The summed E-state index contributed by atoms with van der Waals surface area (Å²) in [5.74, 6) is 0.124. The lowest BCUT2D eigenvalue weighted by Crippen LogP contribution is -2.40. The highest BCUT2D eigenvalue weighted by atomic mass is 35.5. The first-order valence-corrected chi connectivity index (χ1v) is 8.82. The summed E-state index contributed by atoms with van der Waals surface area (Å²) in [7, 11) is 3.27. The first-order valence-electron chi connectivity index (χ1n) is 8.07. The number of nitrogens with zero attached hydrogens (tertiary/aromatic N) is 1. The largest absolute Gasteiger partial charge is 0.496 e. The van der Waals surface area contributed by atoms with Crippen LogP contribution >= 0.6 is 23.2 Å². The molecule has 2 unspecified atom stereocenters. The van der Waals surface area contributed by atoms with Gasteiger partial charge in [-0.2, -0.15) is 0 Å². The minimum Gasteiger partial charge on any atom is -0.496 e. The van der Waals surface area contributed by atoms with Crippen LogP contribution < -0.4 is 10.1 Å². The molecule has 0 aromatic heterocycles. The van der Waals surface area contributed by atoms with Gasteiger partial charge < -0.3 is 15.0 Å². The molecule has 7 heteroatoms. The Labute approximate surface area is 162 Å². The molecule has 0 heterocycles. The molecule has 0 aliphatic rings. The molecular weight excluding hydrogens is 378 g/mol. The van der Waals surface area contributed by atoms with Gasteiger partial charge in [0.25, 0.3) is 0 Å². The number of nitrogens with one attached hydrogen (secondary N) is 1. The van der Waals surface area contributed by atoms with E-state index in [-0.39, 0.29) is 17.1 Å². The Bertz CT molecular complexity index is 801. The first kappa shape index (κ1) is 20.3. The monoisotopic (exact) mass is 398 g/mol. The minimum absolute atomic E-state index is 0.0563. The van der Waals surface area contributed by atoms with E-state index in [1.54, 1.807) is 26.0 Å². The van der Waals surface area contributed by atoms with Crippen molar-refractivity contribution in [1.29, 1.82) is 0 Å². The highest BCUT2D eigenvalue weighted by Crippen LogP contribution is 2.30. The lowest BCUT2D eigenvalue weighted by Gasteiger charge is -2.28. The molecule has 2 aromatic rings. The summed E-state index contributed by atoms with van der Waals surface area (Å²) in [6, 6.07) is 9.04. The number of ether oxygens (including phenoxy) is 1. The number of carbonyl (C=O) groups excluding carboxylic acids is 1. The molecule has 0 aliphatic heterocycles. The molecule has 0 spiro atoms. The number of hydrogen-bond donors (Lipinski definition) is 1. The maximum absolute atomic E-state index is 13.7. The third-order valence-corrected chi connectivity index (χ3v) is 4.95. The lowest BCUT2D eigenvalue weighted by molar-refractivity contribution is 0.190. The Morgan fingerprint density at radius 1 is 1.15 bits per heavy atom. The van der Waals surface area contributed by atoms with Crippen LogP contribution in [0, 0.1) is 5.82 Å². The van der Waals surface area contributed by atoms with E-state index in [0.29, 0.717) is 16.3 Å². The van der Waals surface area contributed by atoms with Crippen molar-refractivity contribution in [3.63, 3.8) is 0 Å². The van der Waals surface area contributed by atoms with Gasteiger partial charge in [0.15, 0.2) is 0 Å². The van der Waals surface area contributed by atoms with Gasteiger partial charge in [0.05, 0.1) is 24.2 Å². The SMILES string of the molecule is COc1ccccc1C(C)N(C)C(=O)NC(C)c1cc(F)c(Cl)cc1Cl. The summed E-state index contributed by atoms with van der Waals surface area (Å²) < 4.78 is 19.1. The van der Waals surface area contributed by atoms with E-state index in [1.807, 2.05) is 31.2 Å². The molecule has 2 atom stereocenters. The molecule has 0 saturated heterocycles. The minimum atomic E-state index is -0.581. The Morgan fingerprint density at radius 3 is 2.46 bits per heavy atom. The van der Waals surface area contributed by atoms with Crippen molar-refractivity contribution in [3.8, 4) is 5.75 Å². The number of halogens is 3. The van der Waals surface area contributed by atoms with Crippen LogP contribution in [0.25, 0.3) is 0 Å². The smallest absolute Gasteiger partial charge is 0.318 e. The summed E-state index contributed by atoms with van der Waals surface area (Å²) in [5.41, 5.74) is 1.34. The summed E-state index contributed by atoms with van der Waals surface area (Å²) in [4.78, 5) is 14.2. The second-order valence-corrected chi connectivity index (χ2v) is 6.80. The van der Waals surface area contributed by atoms with Crippen LogP contribution in [-0.2, 0) is 0 Å². The molecule has 2 aromatic carbocycles. The molecule has 1 N–H and O–H groups in total. The fourth-order valence-corrected chi connectivity index (χ4v) is 3.18. The van der Waals surface area contributed by atoms with E-state index in [4.69, 9.17) is 27.9 Å². The number of hydrogen-bond acceptors (Lipinski definition) is 2. The number of amides is 2. The van der Waals surface area contributed by atoms with Gasteiger partial charge in [-0.15, -0.1) is 0 Å². The lowest BCUT2D eigenvalue weighted by atomic mass is 10.1. The van der Waals surface area contributed by atoms with Gasteiger partial charge in [-0.25, -0.2) is 9.18 Å². The zero-order chi connectivity index (χ0) is 19.4. The molecule has 0 saturated carbocycles. The van der Waals surface area contributed by atoms with Crippen LogP contribution in [0.3, 0.4) is 0 Å². The van der Waals surface area contributed by atoms with Gasteiger partial charge in [0.2, 0.25) is 0 Å². The van der Waals surface area contributed by atoms with Gasteiger partial charge in [-0.1, -0.05) is 41.4 Å². The number of urea groups is 1. The van der Waals surface area contributed by atoms with Crippen LogP contribution in [0.15, 0.2) is 36.4 Å². The number of benzene rings is 2. The van der Waals surface area contributed by atoms with Crippen molar-refractivity contribution >= 4 is 29.2 Å². The summed E-state index contributed by atoms with van der Waals surface area (Å²) in [6.45, 7) is 3.63. The fraction of sp³-hybridized carbons (Fsp3) is 0.316. The second kappa shape index (κ2) is 8.60. The highest BCUT2D eigenvalue weighted by Gasteiger charge is 2.23. The second-order valence-electron chi connectivity index (χ2n) is 5.99. The third-order valence-electron chi connectivity index (χ3n) is 4.34. The zero-order valence-corrected chi connectivity index (χ0v) is 16.5. The van der Waals surface area contributed by atoms with E-state index in [9.17, 15) is 9.18 Å². The van der Waals surface area contributed by atoms with Crippen molar-refractivity contribution in [2.24, 2.45) is 0 Å². The zero-order valence-electron chi connectivity index (χ0n) is 15.0. The number of carbonyl (C=O) groups is 1. The van der Waals surface area contributed by atoms with Gasteiger partial charge in [0.1, 0.15) is 11.6 Å². The Kier molecular flexibility index (Phi) is 6.73. The van der Waals surface area contributed by atoms with Crippen molar-refractivity contribution in [2.75, 3.05) is 14.2 Å². The normalized spacial score (nSPS) is 13.0. The Hall–Kier alpha value is -1.98. The summed E-state index contributed by atoms with van der Waals surface area (Å²) in [6.07, 6.45) is 0. The third kappa shape index (κ3) is 4.40. The molecule has 0 aliphatic carbocycles. The van der Waals surface area contributed by atoms with E-state index in [1.165, 1.54) is 12.1 Å². The number of para-hydroxylation sites is 1. The van der Waals surface area contributed by atoms with Gasteiger partial charge in [0, 0.05) is 17.6 Å². The van der Waals surface area contributed by atoms with E-state index in [0.717, 1.165) is 5.56 Å². The van der Waals surface area contributed by atoms with Crippen LogP contribution in [-0.4, -0.2) is 25.1 Å². The van der Waals surface area contributed by atoms with Gasteiger partial charge >= 0.3 is 6.03 Å². The average Bonchev–Trinajstić information content (AvgIpc) is 2.63. The molecule has 2 rings (SSSR count). The molecule has 0 radical (unpaired) electrons. The van der Waals surface area contributed by atoms with Crippen LogP contribution in [0.4, 0.5) is 9.18 Å². The van der Waals surface area contributed by atoms with Crippen LogP contribution in [0.1, 0.15) is 37.1 Å². The number of rotatable bonds is 5. The van der Waals surface area contributed by atoms with Gasteiger partial charge in [-0.3, -0.25) is 0 Å². The topological polar surface area (TPSA) is 41.6 Å². The van der Waals surface area contributed by atoms with E-state index < -0.39 is 11.9 Å². The summed E-state index contributed by atoms with van der Waals surface area (Å²) >= 11 is 11.8. The molecule has 0 fully saturated rings. The van der Waals surface area contributed by atoms with E-state index >= 15 is 0 Å². The standard InChI is InChI=1S/C19H21Cl2FN2O2/c1-11(14-9-17(22)16(21)10-15(14)20)23-19(25)24(3)12(2)13-7-5-6-8-18(13)26-4/h5-12H,1-4H3,(H,23,25). The molecule has 140 valence electrons. The van der Waals surface area contributed by atoms with Crippen LogP contribution in [0.5, 0.6) is 5.75 Å². The fourth-order valence-electron chi connectivity index (χ4n) is 2.63. The van der Waals surface area contributed by atoms with E-state index in [2.05, 4.69) is 5.32 Å². The van der Waals surface area contributed by atoms with Crippen molar-refractivity contribution in [2.45, 2.75) is 25.9 Å². The first-order chi connectivity index (χ1) is 12.3. The molecule has 2 amide bonds. The quantitative estimate of drug-likeness (QED) is 0.665. The summed E-state index contributed by atoms with van der Waals surface area (Å²) in [5, 5.41) is 3.06. The number of methoxy groups -OCH3 is 1. The highest BCUT2D eigenvalue weighted by molar-refractivity contribution is 6.35. The van der Waals surface area contributed by atoms with Crippen molar-refractivity contribution < 1.29 is 13.9 Å². The van der Waals surface area contributed by atoms with Crippen molar-refractivity contribution in [3.05, 3.63) is 63.4 Å². The molecular formula is C19H21Cl2FN2O2. The van der Waals surface area contributed by atoms with Crippen LogP contribution in [0.2, 0.25) is 10.0 Å².